The van der Waals surface area contributed by atoms with Crippen LogP contribution in [-0.2, 0) is 4.79 Å². The lowest BCUT2D eigenvalue weighted by molar-refractivity contribution is -0.120. The number of benzene rings is 2. The van der Waals surface area contributed by atoms with Crippen LogP contribution >= 0.6 is 11.6 Å². The number of likely N-dealkylation sites (N-methyl/N-ethyl adjacent to an activating group) is 1. The fourth-order valence-corrected chi connectivity index (χ4v) is 3.19. The summed E-state index contributed by atoms with van der Waals surface area (Å²) in [5.74, 6) is -0.595. The van der Waals surface area contributed by atoms with Gasteiger partial charge in [0.2, 0.25) is 5.91 Å². The molecule has 2 N–H and O–H groups in total. The lowest BCUT2D eigenvalue weighted by Gasteiger charge is -2.30. The molecule has 5 nitrogen and oxygen atoms in total. The van der Waals surface area contributed by atoms with E-state index in [1.165, 1.54) is 0 Å². The van der Waals surface area contributed by atoms with E-state index in [-0.39, 0.29) is 24.4 Å². The quantitative estimate of drug-likeness (QED) is 0.694. The molecule has 2 aromatic rings. The van der Waals surface area contributed by atoms with Crippen molar-refractivity contribution in [2.24, 2.45) is 0 Å². The molecule has 0 heterocycles. The van der Waals surface area contributed by atoms with Gasteiger partial charge in [-0.25, -0.2) is 0 Å². The van der Waals surface area contributed by atoms with Gasteiger partial charge in [-0.2, -0.15) is 0 Å². The topological polar surface area (TPSA) is 61.4 Å². The molecule has 0 saturated carbocycles. The highest BCUT2D eigenvalue weighted by molar-refractivity contribution is 6.33. The molecular weight excluding hydrogens is 362 g/mol. The summed E-state index contributed by atoms with van der Waals surface area (Å²) in [6.07, 6.45) is 0. The SMILES string of the molecule is CCN(CC)C(CNC(=O)CNC(=O)c1ccccc1Cl)c1ccccc1. The second kappa shape index (κ2) is 10.7. The van der Waals surface area contributed by atoms with E-state index in [1.807, 2.05) is 18.2 Å². The van der Waals surface area contributed by atoms with Crippen molar-refractivity contribution in [2.45, 2.75) is 19.9 Å². The molecule has 0 bridgehead atoms. The summed E-state index contributed by atoms with van der Waals surface area (Å²) < 4.78 is 0. The fourth-order valence-electron chi connectivity index (χ4n) is 2.97. The average Bonchev–Trinajstić information content (AvgIpc) is 2.70. The normalized spacial score (nSPS) is 11.9. The first-order chi connectivity index (χ1) is 13.1. The molecule has 1 unspecified atom stereocenters. The maximum atomic E-state index is 12.2. The first-order valence-electron chi connectivity index (χ1n) is 9.15. The maximum absolute atomic E-state index is 12.2. The number of nitrogens with one attached hydrogen (secondary N) is 2. The van der Waals surface area contributed by atoms with Gasteiger partial charge in [0.1, 0.15) is 0 Å². The molecule has 27 heavy (non-hydrogen) atoms. The standard InChI is InChI=1S/C21H26ClN3O2/c1-3-25(4-2)19(16-10-6-5-7-11-16)14-23-20(26)15-24-21(27)17-12-8-9-13-18(17)22/h5-13,19H,3-4,14-15H2,1-2H3,(H,23,26)(H,24,27). The number of hydrogen-bond donors (Lipinski definition) is 2. The number of nitrogens with zero attached hydrogens (tertiary/aromatic N) is 1. The molecule has 144 valence electrons. The zero-order valence-corrected chi connectivity index (χ0v) is 16.5. The van der Waals surface area contributed by atoms with Gasteiger partial charge in [0.25, 0.3) is 5.91 Å². The molecule has 0 aromatic heterocycles. The van der Waals surface area contributed by atoms with Crippen LogP contribution in [0.4, 0.5) is 0 Å². The monoisotopic (exact) mass is 387 g/mol. The van der Waals surface area contributed by atoms with E-state index in [2.05, 4.69) is 41.5 Å². The van der Waals surface area contributed by atoms with Crippen molar-refractivity contribution in [2.75, 3.05) is 26.2 Å². The molecule has 0 saturated heterocycles. The Bertz CT molecular complexity index is 748. The zero-order chi connectivity index (χ0) is 19.6. The van der Waals surface area contributed by atoms with Gasteiger partial charge >= 0.3 is 0 Å². The Labute approximate surface area is 165 Å². The Balaban J connectivity index is 1.92. The molecule has 2 amide bonds. The lowest BCUT2D eigenvalue weighted by atomic mass is 10.1. The second-order valence-corrected chi connectivity index (χ2v) is 6.52. The lowest BCUT2D eigenvalue weighted by Crippen LogP contribution is -2.42. The summed E-state index contributed by atoms with van der Waals surface area (Å²) in [5, 5.41) is 5.90. The van der Waals surface area contributed by atoms with Crippen LogP contribution < -0.4 is 10.6 Å². The van der Waals surface area contributed by atoms with Gasteiger partial charge in [0.15, 0.2) is 0 Å². The first-order valence-corrected chi connectivity index (χ1v) is 9.53. The predicted molar refractivity (Wildman–Crippen MR) is 109 cm³/mol. The summed E-state index contributed by atoms with van der Waals surface area (Å²) in [5.41, 5.74) is 1.51. The molecule has 0 radical (unpaired) electrons. The van der Waals surface area contributed by atoms with Crippen LogP contribution in [0.15, 0.2) is 54.6 Å². The van der Waals surface area contributed by atoms with Crippen LogP contribution in [0.25, 0.3) is 0 Å². The summed E-state index contributed by atoms with van der Waals surface area (Å²) >= 11 is 6.00. The van der Waals surface area contributed by atoms with E-state index >= 15 is 0 Å². The van der Waals surface area contributed by atoms with Gasteiger partial charge in [-0.1, -0.05) is 67.9 Å². The van der Waals surface area contributed by atoms with Gasteiger partial charge in [-0.3, -0.25) is 14.5 Å². The highest BCUT2D eigenvalue weighted by atomic mass is 35.5. The summed E-state index contributed by atoms with van der Waals surface area (Å²) in [4.78, 5) is 26.7. The number of amides is 2. The Kier molecular flexibility index (Phi) is 8.30. The molecule has 6 heteroatoms. The molecule has 2 aromatic carbocycles. The molecule has 0 fully saturated rings. The molecule has 0 aliphatic carbocycles. The predicted octanol–water partition coefficient (Wildman–Crippen LogP) is 3.27. The third-order valence-electron chi connectivity index (χ3n) is 4.46. The Morgan fingerprint density at radius 3 is 2.22 bits per heavy atom. The molecule has 0 spiro atoms. The Morgan fingerprint density at radius 2 is 1.59 bits per heavy atom. The second-order valence-electron chi connectivity index (χ2n) is 6.11. The van der Waals surface area contributed by atoms with E-state index < -0.39 is 0 Å². The van der Waals surface area contributed by atoms with Gasteiger partial charge in [-0.15, -0.1) is 0 Å². The van der Waals surface area contributed by atoms with Crippen molar-refractivity contribution in [3.63, 3.8) is 0 Å². The van der Waals surface area contributed by atoms with E-state index in [4.69, 9.17) is 11.6 Å². The van der Waals surface area contributed by atoms with Gasteiger partial charge < -0.3 is 10.6 Å². The number of hydrogen-bond acceptors (Lipinski definition) is 3. The van der Waals surface area contributed by atoms with Gasteiger partial charge in [0.05, 0.1) is 23.2 Å². The molecular formula is C21H26ClN3O2. The van der Waals surface area contributed by atoms with Crippen molar-refractivity contribution in [3.05, 3.63) is 70.7 Å². The van der Waals surface area contributed by atoms with E-state index in [0.717, 1.165) is 18.7 Å². The third kappa shape index (κ3) is 6.08. The van der Waals surface area contributed by atoms with Crippen molar-refractivity contribution in [3.8, 4) is 0 Å². The van der Waals surface area contributed by atoms with E-state index in [1.54, 1.807) is 24.3 Å². The molecule has 0 aliphatic heterocycles. The average molecular weight is 388 g/mol. The van der Waals surface area contributed by atoms with Crippen molar-refractivity contribution < 1.29 is 9.59 Å². The van der Waals surface area contributed by atoms with Crippen LogP contribution in [0.1, 0.15) is 35.8 Å². The van der Waals surface area contributed by atoms with Crippen molar-refractivity contribution >= 4 is 23.4 Å². The highest BCUT2D eigenvalue weighted by Crippen LogP contribution is 2.19. The fraction of sp³-hybridized carbons (Fsp3) is 0.333. The van der Waals surface area contributed by atoms with Crippen molar-refractivity contribution in [1.82, 2.24) is 15.5 Å². The van der Waals surface area contributed by atoms with E-state index in [9.17, 15) is 9.59 Å². The number of carbonyl (C=O) groups is 2. The molecule has 0 aliphatic rings. The number of rotatable bonds is 9. The van der Waals surface area contributed by atoms with Gasteiger partial charge in [0, 0.05) is 6.54 Å². The van der Waals surface area contributed by atoms with Crippen molar-refractivity contribution in [1.29, 1.82) is 0 Å². The molecule has 1 atom stereocenters. The van der Waals surface area contributed by atoms with Crippen LogP contribution in [0, 0.1) is 0 Å². The number of halogens is 1. The maximum Gasteiger partial charge on any atom is 0.253 e. The summed E-state index contributed by atoms with van der Waals surface area (Å²) in [7, 11) is 0. The largest absolute Gasteiger partial charge is 0.353 e. The van der Waals surface area contributed by atoms with Crippen LogP contribution in [0.2, 0.25) is 5.02 Å². The number of carbonyl (C=O) groups excluding carboxylic acids is 2. The van der Waals surface area contributed by atoms with Gasteiger partial charge in [-0.05, 0) is 30.8 Å². The van der Waals surface area contributed by atoms with E-state index in [0.29, 0.717) is 17.1 Å². The summed E-state index contributed by atoms with van der Waals surface area (Å²) in [6.45, 7) is 6.36. The minimum atomic E-state index is -0.362. The minimum Gasteiger partial charge on any atom is -0.353 e. The van der Waals surface area contributed by atoms with Crippen LogP contribution in [0.3, 0.4) is 0 Å². The molecule has 2 rings (SSSR count). The Hall–Kier alpha value is -2.37. The zero-order valence-electron chi connectivity index (χ0n) is 15.7. The van der Waals surface area contributed by atoms with Crippen LogP contribution in [-0.4, -0.2) is 42.9 Å². The Morgan fingerprint density at radius 1 is 0.963 bits per heavy atom. The highest BCUT2D eigenvalue weighted by Gasteiger charge is 2.19. The minimum absolute atomic E-state index is 0.0874. The smallest absolute Gasteiger partial charge is 0.253 e. The first kappa shape index (κ1) is 20.9. The third-order valence-corrected chi connectivity index (χ3v) is 4.79. The summed E-state index contributed by atoms with van der Waals surface area (Å²) in [6, 6.07) is 16.9. The van der Waals surface area contributed by atoms with Crippen LogP contribution in [0.5, 0.6) is 0 Å².